The molecule has 3 aromatic rings. The monoisotopic (exact) mass is 602 g/mol. The highest BCUT2D eigenvalue weighted by Crippen LogP contribution is 2.28. The lowest BCUT2D eigenvalue weighted by Gasteiger charge is -2.34. The molecule has 2 fully saturated rings. The van der Waals surface area contributed by atoms with Gasteiger partial charge in [-0.2, -0.15) is 15.3 Å². The van der Waals surface area contributed by atoms with Gasteiger partial charge in [0.1, 0.15) is 18.8 Å². The molecule has 0 saturated carbocycles. The van der Waals surface area contributed by atoms with E-state index in [-0.39, 0.29) is 31.2 Å². The SMILES string of the molecule is C=CN=N/C=C(\C)c1ccc2c(c1)c(C(N)=O)nn2CC(=O)N1CC(F)CC1C(=O)Nc1cccnc1N1CCNC(C)C1. The number of likely N-dealkylation sites (tertiary alicyclic amines) is 1. The molecule has 2 aliphatic heterocycles. The Morgan fingerprint density at radius 1 is 1.25 bits per heavy atom. The van der Waals surface area contributed by atoms with Gasteiger partial charge in [-0.1, -0.05) is 12.6 Å². The molecule has 4 heterocycles. The van der Waals surface area contributed by atoms with Gasteiger partial charge in [0, 0.05) is 49.9 Å². The molecule has 0 bridgehead atoms. The maximum absolute atomic E-state index is 14.7. The van der Waals surface area contributed by atoms with Gasteiger partial charge < -0.3 is 26.2 Å². The number of alkyl halides is 1. The minimum absolute atomic E-state index is 0.0133. The van der Waals surface area contributed by atoms with Crippen LogP contribution in [0.15, 0.2) is 65.7 Å². The standard InChI is InChI=1S/C30H35FN10O3/c1-4-35-36-14-18(2)20-7-8-24-22(12-20)27(28(32)43)38-41(24)17-26(42)40-16-21(31)13-25(40)30(44)37-23-6-5-9-34-29(23)39-11-10-33-19(3)15-39/h4-9,12,14,19,21,25,33H,1,10-11,13,15-17H2,2-3H3,(H2,32,43)(H,37,44)/b18-14+,36-35?. The van der Waals surface area contributed by atoms with Crippen molar-refractivity contribution in [3.05, 3.63) is 66.8 Å². The Hall–Kier alpha value is -4.98. The van der Waals surface area contributed by atoms with Gasteiger partial charge in [-0.15, -0.1) is 0 Å². The number of halogens is 1. The molecule has 0 radical (unpaired) electrons. The van der Waals surface area contributed by atoms with E-state index in [0.717, 1.165) is 17.7 Å². The lowest BCUT2D eigenvalue weighted by molar-refractivity contribution is -0.137. The van der Waals surface area contributed by atoms with E-state index in [0.29, 0.717) is 35.5 Å². The van der Waals surface area contributed by atoms with Crippen molar-refractivity contribution >= 4 is 45.7 Å². The van der Waals surface area contributed by atoms with E-state index in [4.69, 9.17) is 5.73 Å². The second-order valence-electron chi connectivity index (χ2n) is 10.9. The zero-order chi connectivity index (χ0) is 31.4. The summed E-state index contributed by atoms with van der Waals surface area (Å²) in [6.45, 7) is 9.03. The van der Waals surface area contributed by atoms with Crippen LogP contribution >= 0.6 is 0 Å². The molecule has 1 aromatic carbocycles. The fourth-order valence-electron chi connectivity index (χ4n) is 5.58. The topological polar surface area (TPSA) is 163 Å². The average Bonchev–Trinajstić information content (AvgIpc) is 3.58. The summed E-state index contributed by atoms with van der Waals surface area (Å²) in [7, 11) is 0. The van der Waals surface area contributed by atoms with Crippen LogP contribution in [0.2, 0.25) is 0 Å². The first-order chi connectivity index (χ1) is 21.2. The molecule has 13 nitrogen and oxygen atoms in total. The molecule has 2 aliphatic rings. The van der Waals surface area contributed by atoms with Crippen LogP contribution in [0.3, 0.4) is 0 Å². The van der Waals surface area contributed by atoms with Gasteiger partial charge in [0.25, 0.3) is 5.91 Å². The number of aromatic nitrogens is 3. The van der Waals surface area contributed by atoms with Crippen molar-refractivity contribution in [2.24, 2.45) is 16.0 Å². The molecule has 230 valence electrons. The van der Waals surface area contributed by atoms with Crippen LogP contribution < -0.4 is 21.3 Å². The molecule has 5 rings (SSSR count). The molecule has 3 atom stereocenters. The maximum Gasteiger partial charge on any atom is 0.269 e. The van der Waals surface area contributed by atoms with Crippen LogP contribution in [0.5, 0.6) is 0 Å². The molecule has 0 aliphatic carbocycles. The van der Waals surface area contributed by atoms with E-state index in [1.165, 1.54) is 15.8 Å². The number of pyridine rings is 1. The first-order valence-electron chi connectivity index (χ1n) is 14.3. The van der Waals surface area contributed by atoms with Crippen LogP contribution in [0, 0.1) is 0 Å². The molecule has 3 unspecified atom stereocenters. The zero-order valence-electron chi connectivity index (χ0n) is 24.6. The number of fused-ring (bicyclic) bond motifs is 1. The molecular weight excluding hydrogens is 567 g/mol. The highest BCUT2D eigenvalue weighted by Gasteiger charge is 2.40. The molecule has 4 N–H and O–H groups in total. The number of primary amides is 1. The maximum atomic E-state index is 14.7. The van der Waals surface area contributed by atoms with Crippen molar-refractivity contribution < 1.29 is 18.8 Å². The normalized spacial score (nSPS) is 20.8. The van der Waals surface area contributed by atoms with Gasteiger partial charge in [0.2, 0.25) is 11.8 Å². The second-order valence-corrected chi connectivity index (χ2v) is 10.9. The molecule has 44 heavy (non-hydrogen) atoms. The molecule has 2 saturated heterocycles. The number of anilines is 2. The summed E-state index contributed by atoms with van der Waals surface area (Å²) in [5.74, 6) is -1.16. The average molecular weight is 603 g/mol. The summed E-state index contributed by atoms with van der Waals surface area (Å²) < 4.78 is 16.1. The molecule has 0 spiro atoms. The van der Waals surface area contributed by atoms with Crippen molar-refractivity contribution in [2.45, 2.75) is 45.1 Å². The number of amides is 3. The van der Waals surface area contributed by atoms with Crippen molar-refractivity contribution in [2.75, 3.05) is 36.4 Å². The van der Waals surface area contributed by atoms with Gasteiger partial charge in [0.15, 0.2) is 11.5 Å². The predicted molar refractivity (Wildman–Crippen MR) is 165 cm³/mol. The largest absolute Gasteiger partial charge is 0.364 e. The molecule has 3 amide bonds. The first kappa shape index (κ1) is 30.5. The van der Waals surface area contributed by atoms with Gasteiger partial charge in [-0.25, -0.2) is 9.37 Å². The van der Waals surface area contributed by atoms with E-state index in [9.17, 15) is 18.8 Å². The van der Waals surface area contributed by atoms with Gasteiger partial charge in [0.05, 0.1) is 23.9 Å². The highest BCUT2D eigenvalue weighted by atomic mass is 19.1. The lowest BCUT2D eigenvalue weighted by atomic mass is 10.0. The van der Waals surface area contributed by atoms with Crippen molar-refractivity contribution in [1.29, 1.82) is 0 Å². The highest BCUT2D eigenvalue weighted by molar-refractivity contribution is 6.05. The summed E-state index contributed by atoms with van der Waals surface area (Å²) in [5, 5.41) is 18.6. The van der Waals surface area contributed by atoms with E-state index in [1.807, 2.05) is 6.92 Å². The fraction of sp³-hybridized carbons (Fsp3) is 0.367. The number of nitrogens with two attached hydrogens (primary N) is 1. The number of azo groups is 1. The number of hydrogen-bond acceptors (Lipinski definition) is 9. The Morgan fingerprint density at radius 3 is 2.82 bits per heavy atom. The van der Waals surface area contributed by atoms with Crippen LogP contribution in [0.1, 0.15) is 36.3 Å². The second kappa shape index (κ2) is 13.1. The Bertz CT molecular complexity index is 1650. The summed E-state index contributed by atoms with van der Waals surface area (Å²) in [4.78, 5) is 47.1. The number of piperazine rings is 1. The minimum Gasteiger partial charge on any atom is -0.364 e. The van der Waals surface area contributed by atoms with Crippen molar-refractivity contribution in [1.82, 2.24) is 25.0 Å². The minimum atomic E-state index is -1.37. The van der Waals surface area contributed by atoms with Gasteiger partial charge >= 0.3 is 0 Å². The van der Waals surface area contributed by atoms with Crippen LogP contribution in [0.25, 0.3) is 16.5 Å². The third kappa shape index (κ3) is 6.49. The third-order valence-corrected chi connectivity index (χ3v) is 7.71. The molecule has 14 heteroatoms. The summed E-state index contributed by atoms with van der Waals surface area (Å²) in [6, 6.07) is 7.91. The number of nitrogens with one attached hydrogen (secondary N) is 2. The number of carbonyl (C=O) groups excluding carboxylic acids is 3. The van der Waals surface area contributed by atoms with Crippen LogP contribution in [0.4, 0.5) is 15.9 Å². The number of benzene rings is 1. The van der Waals surface area contributed by atoms with Crippen molar-refractivity contribution in [3.63, 3.8) is 0 Å². The first-order valence-corrected chi connectivity index (χ1v) is 14.3. The van der Waals surface area contributed by atoms with E-state index >= 15 is 0 Å². The van der Waals surface area contributed by atoms with Crippen molar-refractivity contribution in [3.8, 4) is 0 Å². The Labute approximate surface area is 253 Å². The van der Waals surface area contributed by atoms with E-state index < -0.39 is 29.9 Å². The van der Waals surface area contributed by atoms with Gasteiger partial charge in [-0.3, -0.25) is 19.1 Å². The number of carbonyl (C=O) groups is 3. The number of rotatable bonds is 9. The van der Waals surface area contributed by atoms with E-state index in [2.05, 4.69) is 49.3 Å². The summed E-state index contributed by atoms with van der Waals surface area (Å²) in [6.07, 6.45) is 3.00. The quantitative estimate of drug-likeness (QED) is 0.317. The number of hydrogen-bond donors (Lipinski definition) is 3. The molecule has 2 aromatic heterocycles. The Morgan fingerprint density at radius 2 is 2.07 bits per heavy atom. The predicted octanol–water partition coefficient (Wildman–Crippen LogP) is 2.86. The number of nitrogens with zero attached hydrogens (tertiary/aromatic N) is 7. The Balaban J connectivity index is 1.36. The zero-order valence-corrected chi connectivity index (χ0v) is 24.6. The third-order valence-electron chi connectivity index (χ3n) is 7.71. The Kier molecular flexibility index (Phi) is 9.09. The van der Waals surface area contributed by atoms with E-state index in [1.54, 1.807) is 42.7 Å². The lowest BCUT2D eigenvalue weighted by Crippen LogP contribution is -2.50. The molecular formula is C30H35FN10O3. The fourth-order valence-corrected chi connectivity index (χ4v) is 5.58. The smallest absolute Gasteiger partial charge is 0.269 e. The van der Waals surface area contributed by atoms with Gasteiger partial charge in [-0.05, 0) is 49.2 Å². The summed E-state index contributed by atoms with van der Waals surface area (Å²) in [5.41, 5.74) is 8.09. The van der Waals surface area contributed by atoms with Crippen LogP contribution in [-0.2, 0) is 16.1 Å². The van der Waals surface area contributed by atoms with Crippen LogP contribution in [-0.4, -0.2) is 81.8 Å². The number of allylic oxidation sites excluding steroid dienone is 1. The summed E-state index contributed by atoms with van der Waals surface area (Å²) >= 11 is 0.